The molecule has 0 heterocycles. The van der Waals surface area contributed by atoms with Crippen LogP contribution in [0.15, 0.2) is 48.5 Å². The summed E-state index contributed by atoms with van der Waals surface area (Å²) in [6, 6.07) is 12.7. The zero-order valence-electron chi connectivity index (χ0n) is 15.0. The number of nitrogens with one attached hydrogen (secondary N) is 2. The summed E-state index contributed by atoms with van der Waals surface area (Å²) in [6.07, 6.45) is 1.55. The van der Waals surface area contributed by atoms with Gasteiger partial charge in [-0.1, -0.05) is 24.3 Å². The number of hydrogen-bond acceptors (Lipinski definition) is 3. The molecule has 0 bridgehead atoms. The Balaban J connectivity index is 1.56. The van der Waals surface area contributed by atoms with Crippen LogP contribution in [0.4, 0.5) is 10.1 Å². The molecule has 5 nitrogen and oxygen atoms in total. The molecule has 27 heavy (non-hydrogen) atoms. The van der Waals surface area contributed by atoms with Crippen LogP contribution in [0, 0.1) is 11.2 Å². The maximum absolute atomic E-state index is 12.9. The van der Waals surface area contributed by atoms with Gasteiger partial charge in [0.1, 0.15) is 11.2 Å². The minimum Gasteiger partial charge on any atom is -0.355 e. The molecule has 1 aliphatic rings. The van der Waals surface area contributed by atoms with Gasteiger partial charge in [0.15, 0.2) is 5.78 Å². The molecule has 6 heteroatoms. The second-order valence-corrected chi connectivity index (χ2v) is 6.81. The fraction of sp³-hybridized carbons (Fsp3) is 0.286. The molecule has 1 aliphatic carbocycles. The number of carbonyl (C=O) groups excluding carboxylic acids is 3. The third-order valence-electron chi connectivity index (χ3n) is 4.76. The second kappa shape index (κ2) is 7.70. The monoisotopic (exact) mass is 368 g/mol. The van der Waals surface area contributed by atoms with Crippen LogP contribution in [0.25, 0.3) is 0 Å². The van der Waals surface area contributed by atoms with Crippen LogP contribution in [0.2, 0.25) is 0 Å². The number of ketones is 1. The van der Waals surface area contributed by atoms with E-state index in [2.05, 4.69) is 10.6 Å². The highest BCUT2D eigenvalue weighted by atomic mass is 19.1. The van der Waals surface area contributed by atoms with Crippen molar-refractivity contribution in [3.63, 3.8) is 0 Å². The quantitative estimate of drug-likeness (QED) is 0.582. The van der Waals surface area contributed by atoms with Crippen LogP contribution in [-0.2, 0) is 16.0 Å². The van der Waals surface area contributed by atoms with Crippen molar-refractivity contribution in [2.24, 2.45) is 5.41 Å². The summed E-state index contributed by atoms with van der Waals surface area (Å²) >= 11 is 0. The fourth-order valence-corrected chi connectivity index (χ4v) is 2.89. The number of carbonyl (C=O) groups is 3. The molecule has 0 aromatic heterocycles. The normalized spacial score (nSPS) is 14.3. The fourth-order valence-electron chi connectivity index (χ4n) is 2.89. The topological polar surface area (TPSA) is 75.3 Å². The van der Waals surface area contributed by atoms with Gasteiger partial charge in [0.25, 0.3) is 0 Å². The molecule has 0 unspecified atom stereocenters. The largest absolute Gasteiger partial charge is 0.355 e. The molecule has 2 aromatic carbocycles. The number of hydrogen-bond donors (Lipinski definition) is 2. The van der Waals surface area contributed by atoms with E-state index in [1.807, 2.05) is 0 Å². The number of Topliss-reactive ketones (excluding diaryl/α,β-unsaturated/α-hetero) is 1. The summed E-state index contributed by atoms with van der Waals surface area (Å²) in [4.78, 5) is 36.5. The van der Waals surface area contributed by atoms with Gasteiger partial charge in [0.2, 0.25) is 11.8 Å². The average Bonchev–Trinajstić information content (AvgIpc) is 3.45. The number of rotatable bonds is 7. The molecule has 2 amide bonds. The second-order valence-electron chi connectivity index (χ2n) is 6.81. The summed E-state index contributed by atoms with van der Waals surface area (Å²) in [5.41, 5.74) is 0.862. The summed E-state index contributed by atoms with van der Waals surface area (Å²) in [5.74, 6) is -1.05. The zero-order chi connectivity index (χ0) is 19.4. The molecule has 0 saturated heterocycles. The van der Waals surface area contributed by atoms with Crippen molar-refractivity contribution in [2.75, 3.05) is 11.9 Å². The Morgan fingerprint density at radius 1 is 1.04 bits per heavy atom. The van der Waals surface area contributed by atoms with Gasteiger partial charge in [-0.15, -0.1) is 0 Å². The van der Waals surface area contributed by atoms with Crippen LogP contribution in [0.5, 0.6) is 0 Å². The van der Waals surface area contributed by atoms with Crippen LogP contribution in [0.1, 0.15) is 35.7 Å². The molecular weight excluding hydrogens is 347 g/mol. The number of anilines is 1. The summed E-state index contributed by atoms with van der Waals surface area (Å²) < 4.78 is 12.9. The van der Waals surface area contributed by atoms with Gasteiger partial charge in [-0.2, -0.15) is 0 Å². The van der Waals surface area contributed by atoms with E-state index in [0.29, 0.717) is 37.1 Å². The van der Waals surface area contributed by atoms with E-state index in [9.17, 15) is 18.8 Å². The van der Waals surface area contributed by atoms with Crippen molar-refractivity contribution in [2.45, 2.75) is 26.2 Å². The Morgan fingerprint density at radius 3 is 2.37 bits per heavy atom. The van der Waals surface area contributed by atoms with Gasteiger partial charge in [0, 0.05) is 17.8 Å². The minimum absolute atomic E-state index is 0.0919. The molecule has 0 aliphatic heterocycles. The molecule has 0 atom stereocenters. The number of amides is 2. The SMILES string of the molecule is CC(=O)c1cccc(NC(=O)C2(C(=O)NCCc3ccc(F)cc3)CC2)c1. The molecule has 140 valence electrons. The Morgan fingerprint density at radius 2 is 1.74 bits per heavy atom. The molecule has 1 fully saturated rings. The molecule has 2 N–H and O–H groups in total. The van der Waals surface area contributed by atoms with Crippen molar-refractivity contribution >= 4 is 23.3 Å². The molecule has 0 spiro atoms. The van der Waals surface area contributed by atoms with Gasteiger partial charge in [-0.25, -0.2) is 4.39 Å². The van der Waals surface area contributed by atoms with Crippen LogP contribution >= 0.6 is 0 Å². The average molecular weight is 368 g/mol. The summed E-state index contributed by atoms with van der Waals surface area (Å²) in [6.45, 7) is 1.83. The van der Waals surface area contributed by atoms with Gasteiger partial charge in [0.05, 0.1) is 0 Å². The molecular formula is C21H21FN2O3. The highest BCUT2D eigenvalue weighted by molar-refractivity contribution is 6.13. The first-order valence-corrected chi connectivity index (χ1v) is 8.86. The van der Waals surface area contributed by atoms with Crippen molar-refractivity contribution in [3.8, 4) is 0 Å². The third kappa shape index (κ3) is 4.39. The van der Waals surface area contributed by atoms with Crippen molar-refractivity contribution < 1.29 is 18.8 Å². The van der Waals surface area contributed by atoms with Crippen LogP contribution in [0.3, 0.4) is 0 Å². The highest BCUT2D eigenvalue weighted by Gasteiger charge is 2.56. The van der Waals surface area contributed by atoms with E-state index in [0.717, 1.165) is 5.56 Å². The van der Waals surface area contributed by atoms with E-state index < -0.39 is 5.41 Å². The smallest absolute Gasteiger partial charge is 0.240 e. The standard InChI is InChI=1S/C21H21FN2O3/c1-14(25)16-3-2-4-18(13-16)24-20(27)21(10-11-21)19(26)23-12-9-15-5-7-17(22)8-6-15/h2-8,13H,9-12H2,1H3,(H,23,26)(H,24,27). The number of halogens is 1. The van der Waals surface area contributed by atoms with E-state index in [1.165, 1.54) is 19.1 Å². The first-order valence-electron chi connectivity index (χ1n) is 8.86. The lowest BCUT2D eigenvalue weighted by Gasteiger charge is -2.16. The van der Waals surface area contributed by atoms with Gasteiger partial charge in [-0.05, 0) is 56.0 Å². The number of benzene rings is 2. The maximum atomic E-state index is 12.9. The summed E-state index contributed by atoms with van der Waals surface area (Å²) in [7, 11) is 0. The Hall–Kier alpha value is -3.02. The van der Waals surface area contributed by atoms with Crippen molar-refractivity contribution in [3.05, 3.63) is 65.5 Å². The molecule has 2 aromatic rings. The first kappa shape index (κ1) is 18.8. The van der Waals surface area contributed by atoms with E-state index in [4.69, 9.17) is 0 Å². The predicted molar refractivity (Wildman–Crippen MR) is 99.9 cm³/mol. The Bertz CT molecular complexity index is 873. The van der Waals surface area contributed by atoms with E-state index >= 15 is 0 Å². The highest BCUT2D eigenvalue weighted by Crippen LogP contribution is 2.46. The zero-order valence-corrected chi connectivity index (χ0v) is 15.0. The molecule has 1 saturated carbocycles. The van der Waals surface area contributed by atoms with Gasteiger partial charge in [-0.3, -0.25) is 14.4 Å². The lowest BCUT2D eigenvalue weighted by atomic mass is 10.0. The van der Waals surface area contributed by atoms with Gasteiger partial charge >= 0.3 is 0 Å². The van der Waals surface area contributed by atoms with E-state index in [-0.39, 0.29) is 23.4 Å². The summed E-state index contributed by atoms with van der Waals surface area (Å²) in [5, 5.41) is 5.54. The van der Waals surface area contributed by atoms with Gasteiger partial charge < -0.3 is 10.6 Å². The first-order chi connectivity index (χ1) is 12.9. The van der Waals surface area contributed by atoms with Crippen molar-refractivity contribution in [1.82, 2.24) is 5.32 Å². The Labute approximate surface area is 157 Å². The third-order valence-corrected chi connectivity index (χ3v) is 4.76. The lowest BCUT2D eigenvalue weighted by Crippen LogP contribution is -2.40. The Kier molecular flexibility index (Phi) is 5.35. The van der Waals surface area contributed by atoms with Crippen molar-refractivity contribution in [1.29, 1.82) is 0 Å². The minimum atomic E-state index is -1.05. The molecule has 0 radical (unpaired) electrons. The van der Waals surface area contributed by atoms with E-state index in [1.54, 1.807) is 36.4 Å². The maximum Gasteiger partial charge on any atom is 0.240 e. The predicted octanol–water partition coefficient (Wildman–Crippen LogP) is 3.11. The molecule has 3 rings (SSSR count). The lowest BCUT2D eigenvalue weighted by molar-refractivity contribution is -0.134. The van der Waals surface area contributed by atoms with Crippen LogP contribution < -0.4 is 10.6 Å². The van der Waals surface area contributed by atoms with Crippen LogP contribution in [-0.4, -0.2) is 24.1 Å².